The van der Waals surface area contributed by atoms with E-state index in [1.165, 1.54) is 0 Å². The number of carbonyl (C=O) groups excluding carboxylic acids is 1. The highest BCUT2D eigenvalue weighted by Crippen LogP contribution is 2.21. The first kappa shape index (κ1) is 20.7. The Morgan fingerprint density at radius 1 is 0.967 bits per heavy atom. The van der Waals surface area contributed by atoms with E-state index in [-0.39, 0.29) is 23.6 Å². The Hall–Kier alpha value is -2.58. The summed E-state index contributed by atoms with van der Waals surface area (Å²) in [6.45, 7) is 9.95. The zero-order valence-electron chi connectivity index (χ0n) is 17.8. The predicted molar refractivity (Wildman–Crippen MR) is 115 cm³/mol. The van der Waals surface area contributed by atoms with Crippen LogP contribution in [0.2, 0.25) is 0 Å². The number of likely N-dealkylation sites (tertiary alicyclic amines) is 1. The molecule has 0 aliphatic carbocycles. The lowest BCUT2D eigenvalue weighted by molar-refractivity contribution is -0.134. The van der Waals surface area contributed by atoms with Gasteiger partial charge in [-0.25, -0.2) is 4.68 Å². The van der Waals surface area contributed by atoms with Crippen molar-refractivity contribution in [2.45, 2.75) is 38.9 Å². The van der Waals surface area contributed by atoms with Crippen molar-refractivity contribution >= 4 is 5.91 Å². The Balaban J connectivity index is 1.31. The summed E-state index contributed by atoms with van der Waals surface area (Å²) in [5, 5.41) is 4.53. The fourth-order valence-corrected chi connectivity index (χ4v) is 4.36. The largest absolute Gasteiger partial charge is 0.339 e. The van der Waals surface area contributed by atoms with E-state index < -0.39 is 0 Å². The fourth-order valence-electron chi connectivity index (χ4n) is 4.36. The zero-order chi connectivity index (χ0) is 21.1. The number of carbonyl (C=O) groups is 1. The number of pyridine rings is 1. The van der Waals surface area contributed by atoms with Crippen LogP contribution in [0.1, 0.15) is 20.3 Å². The third kappa shape index (κ3) is 4.44. The van der Waals surface area contributed by atoms with Gasteiger partial charge < -0.3 is 4.90 Å². The molecule has 0 saturated carbocycles. The molecule has 0 N–H and O–H groups in total. The van der Waals surface area contributed by atoms with E-state index in [0.717, 1.165) is 56.9 Å². The van der Waals surface area contributed by atoms with Crippen LogP contribution in [-0.2, 0) is 11.3 Å². The van der Waals surface area contributed by atoms with Gasteiger partial charge in [-0.15, -0.1) is 0 Å². The van der Waals surface area contributed by atoms with Gasteiger partial charge in [-0.1, -0.05) is 0 Å². The topological polar surface area (TPSA) is 74.6 Å². The van der Waals surface area contributed by atoms with Gasteiger partial charge in [0.05, 0.1) is 18.3 Å². The average Bonchev–Trinajstić information content (AvgIpc) is 3.16. The van der Waals surface area contributed by atoms with E-state index >= 15 is 0 Å². The average molecular weight is 411 g/mol. The van der Waals surface area contributed by atoms with Crippen molar-refractivity contribution in [3.8, 4) is 11.3 Å². The molecule has 2 aliphatic rings. The van der Waals surface area contributed by atoms with E-state index in [1.54, 1.807) is 29.2 Å². The van der Waals surface area contributed by atoms with Gasteiger partial charge in [0, 0.05) is 69.3 Å². The SMILES string of the molecule is CC(C)N1CCC(N2CCN(CCn3nc(-c4ccncc4)ccc3=O)CC2)C1=O. The summed E-state index contributed by atoms with van der Waals surface area (Å²) >= 11 is 0. The molecule has 160 valence electrons. The number of amides is 1. The smallest absolute Gasteiger partial charge is 0.266 e. The maximum Gasteiger partial charge on any atom is 0.266 e. The van der Waals surface area contributed by atoms with Gasteiger partial charge >= 0.3 is 0 Å². The van der Waals surface area contributed by atoms with Crippen molar-refractivity contribution in [1.29, 1.82) is 0 Å². The van der Waals surface area contributed by atoms with Crippen LogP contribution in [0.5, 0.6) is 0 Å². The minimum Gasteiger partial charge on any atom is -0.339 e. The normalized spacial score (nSPS) is 21.0. The van der Waals surface area contributed by atoms with Crippen molar-refractivity contribution in [1.82, 2.24) is 29.5 Å². The van der Waals surface area contributed by atoms with E-state index in [4.69, 9.17) is 0 Å². The summed E-state index contributed by atoms with van der Waals surface area (Å²) in [6.07, 6.45) is 4.38. The van der Waals surface area contributed by atoms with Gasteiger partial charge in [0.2, 0.25) is 5.91 Å². The highest BCUT2D eigenvalue weighted by molar-refractivity contribution is 5.84. The molecule has 2 saturated heterocycles. The number of piperazine rings is 1. The maximum absolute atomic E-state index is 12.6. The van der Waals surface area contributed by atoms with Crippen LogP contribution in [0.4, 0.5) is 0 Å². The molecule has 2 fully saturated rings. The molecular formula is C22H30N6O2. The van der Waals surface area contributed by atoms with Gasteiger partial charge in [-0.2, -0.15) is 5.10 Å². The lowest BCUT2D eigenvalue weighted by atomic mass is 10.2. The molecule has 4 heterocycles. The molecule has 0 aromatic carbocycles. The summed E-state index contributed by atoms with van der Waals surface area (Å²) in [4.78, 5) is 35.6. The molecule has 1 unspecified atom stereocenters. The van der Waals surface area contributed by atoms with Crippen molar-refractivity contribution in [3.05, 3.63) is 47.0 Å². The molecule has 8 nitrogen and oxygen atoms in total. The summed E-state index contributed by atoms with van der Waals surface area (Å²) in [5.74, 6) is 0.280. The van der Waals surface area contributed by atoms with Crippen LogP contribution in [0.15, 0.2) is 41.5 Å². The lowest BCUT2D eigenvalue weighted by Gasteiger charge is -2.37. The Bertz CT molecular complexity index is 921. The molecule has 1 amide bonds. The van der Waals surface area contributed by atoms with Crippen LogP contribution in [0, 0.1) is 0 Å². The summed E-state index contributed by atoms with van der Waals surface area (Å²) in [5.41, 5.74) is 1.64. The zero-order valence-corrected chi connectivity index (χ0v) is 17.8. The Kier molecular flexibility index (Phi) is 6.24. The first-order valence-corrected chi connectivity index (χ1v) is 10.8. The highest BCUT2D eigenvalue weighted by Gasteiger charge is 2.37. The molecule has 4 rings (SSSR count). The van der Waals surface area contributed by atoms with Crippen molar-refractivity contribution in [2.24, 2.45) is 0 Å². The Morgan fingerprint density at radius 2 is 1.70 bits per heavy atom. The summed E-state index contributed by atoms with van der Waals surface area (Å²) < 4.78 is 1.54. The second-order valence-electron chi connectivity index (χ2n) is 8.32. The maximum atomic E-state index is 12.6. The van der Waals surface area contributed by atoms with Crippen molar-refractivity contribution in [2.75, 3.05) is 39.3 Å². The van der Waals surface area contributed by atoms with E-state index in [1.807, 2.05) is 17.0 Å². The van der Waals surface area contributed by atoms with Crippen LogP contribution >= 0.6 is 0 Å². The minimum absolute atomic E-state index is 0.0379. The number of hydrogen-bond acceptors (Lipinski definition) is 6. The van der Waals surface area contributed by atoms with Gasteiger partial charge in [-0.05, 0) is 38.5 Å². The second-order valence-corrected chi connectivity index (χ2v) is 8.32. The number of aromatic nitrogens is 3. The van der Waals surface area contributed by atoms with Crippen LogP contribution in [-0.4, -0.2) is 86.7 Å². The quantitative estimate of drug-likeness (QED) is 0.705. The molecule has 2 aromatic rings. The van der Waals surface area contributed by atoms with E-state index in [9.17, 15) is 9.59 Å². The fraction of sp³-hybridized carbons (Fsp3) is 0.545. The number of hydrogen-bond donors (Lipinski definition) is 0. The minimum atomic E-state index is -0.0863. The van der Waals surface area contributed by atoms with Crippen molar-refractivity contribution in [3.63, 3.8) is 0 Å². The first-order valence-electron chi connectivity index (χ1n) is 10.8. The molecular weight excluding hydrogens is 380 g/mol. The monoisotopic (exact) mass is 410 g/mol. The standard InChI is InChI=1S/C22H30N6O2/c1-17(2)27-10-7-20(22(27)30)26-14-11-25(12-15-26)13-16-28-21(29)4-3-19(24-28)18-5-8-23-9-6-18/h3-6,8-9,17,20H,7,10-16H2,1-2H3. The highest BCUT2D eigenvalue weighted by atomic mass is 16.2. The van der Waals surface area contributed by atoms with Crippen LogP contribution in [0.25, 0.3) is 11.3 Å². The first-order chi connectivity index (χ1) is 14.5. The summed E-state index contributed by atoms with van der Waals surface area (Å²) in [7, 11) is 0. The molecule has 1 atom stereocenters. The summed E-state index contributed by atoms with van der Waals surface area (Å²) in [6, 6.07) is 7.43. The number of rotatable bonds is 6. The van der Waals surface area contributed by atoms with Crippen LogP contribution in [0.3, 0.4) is 0 Å². The van der Waals surface area contributed by atoms with E-state index in [2.05, 4.69) is 33.7 Å². The predicted octanol–water partition coefficient (Wildman–Crippen LogP) is 0.932. The third-order valence-corrected chi connectivity index (χ3v) is 6.15. The van der Waals surface area contributed by atoms with Gasteiger partial charge in [0.15, 0.2) is 0 Å². The van der Waals surface area contributed by atoms with Gasteiger partial charge in [0.1, 0.15) is 0 Å². The van der Waals surface area contributed by atoms with Gasteiger partial charge in [-0.3, -0.25) is 24.4 Å². The van der Waals surface area contributed by atoms with E-state index in [0.29, 0.717) is 6.54 Å². The molecule has 2 aromatic heterocycles. The molecule has 8 heteroatoms. The van der Waals surface area contributed by atoms with Crippen molar-refractivity contribution < 1.29 is 4.79 Å². The second kappa shape index (κ2) is 9.06. The molecule has 30 heavy (non-hydrogen) atoms. The number of nitrogens with zero attached hydrogens (tertiary/aromatic N) is 6. The molecule has 0 bridgehead atoms. The Labute approximate surface area is 177 Å². The van der Waals surface area contributed by atoms with Gasteiger partial charge in [0.25, 0.3) is 5.56 Å². The molecule has 0 spiro atoms. The molecule has 2 aliphatic heterocycles. The third-order valence-electron chi connectivity index (χ3n) is 6.15. The van der Waals surface area contributed by atoms with Crippen LogP contribution < -0.4 is 5.56 Å². The molecule has 0 radical (unpaired) electrons. The Morgan fingerprint density at radius 3 is 2.37 bits per heavy atom. The lowest BCUT2D eigenvalue weighted by Crippen LogP contribution is -2.53.